The fourth-order valence-corrected chi connectivity index (χ4v) is 3.66. The Morgan fingerprint density at radius 1 is 1.44 bits per heavy atom. The zero-order chi connectivity index (χ0) is 6.10. The lowest BCUT2D eigenvalue weighted by Gasteiger charge is -2.05. The van der Waals surface area contributed by atoms with Crippen LogP contribution in [0.4, 0.5) is 0 Å². The Labute approximate surface area is 65.3 Å². The second-order valence-electron chi connectivity index (χ2n) is 2.40. The van der Waals surface area contributed by atoms with E-state index in [9.17, 15) is 0 Å². The molecule has 0 radical (unpaired) electrons. The minimum Gasteiger partial charge on any atom is -0.384 e. The largest absolute Gasteiger partial charge is 0.384 e. The first-order valence-corrected chi connectivity index (χ1v) is 6.11. The predicted octanol–water partition coefficient (Wildman–Crippen LogP) is 1.41. The van der Waals surface area contributed by atoms with Gasteiger partial charge in [0.1, 0.15) is 0 Å². The summed E-state index contributed by atoms with van der Waals surface area (Å²) in [7, 11) is 0. The van der Waals surface area contributed by atoms with Crippen molar-refractivity contribution in [3.05, 3.63) is 11.3 Å². The number of allylic oxidation sites excluding steroid dienone is 1. The Balaban J connectivity index is 2.28. The van der Waals surface area contributed by atoms with E-state index >= 15 is 0 Å². The normalized spacial score (nSPS) is 24.9. The Morgan fingerprint density at radius 3 is 3.33 bits per heavy atom. The van der Waals surface area contributed by atoms with Gasteiger partial charge in [-0.25, -0.2) is 0 Å². The van der Waals surface area contributed by atoms with Crippen LogP contribution in [0.25, 0.3) is 0 Å². The molecule has 0 aromatic rings. The van der Waals surface area contributed by atoms with Gasteiger partial charge in [-0.2, -0.15) is 0 Å². The Morgan fingerprint density at radius 2 is 2.44 bits per heavy atom. The van der Waals surface area contributed by atoms with Gasteiger partial charge in [0.05, 0.1) is 0 Å². The Kier molecular flexibility index (Phi) is 1.57. The lowest BCUT2D eigenvalue weighted by molar-refractivity contribution is 0.885. The molecule has 0 atom stereocenters. The number of hydrogen-bond acceptors (Lipinski definition) is 1. The third-order valence-corrected chi connectivity index (χ3v) is 4.04. The molecule has 2 aliphatic rings. The van der Waals surface area contributed by atoms with Crippen molar-refractivity contribution in [2.75, 3.05) is 11.0 Å². The SMILES string of the molecule is C1=ICCC2=C1NCC2. The van der Waals surface area contributed by atoms with Crippen LogP contribution in [0.2, 0.25) is 0 Å². The fraction of sp³-hybridized carbons (Fsp3) is 0.571. The topological polar surface area (TPSA) is 12.0 Å². The van der Waals surface area contributed by atoms with Crippen LogP contribution in [0, 0.1) is 0 Å². The van der Waals surface area contributed by atoms with Crippen LogP contribution < -0.4 is 5.32 Å². The highest BCUT2D eigenvalue weighted by atomic mass is 127. The summed E-state index contributed by atoms with van der Waals surface area (Å²) in [5, 5.41) is 3.41. The van der Waals surface area contributed by atoms with Gasteiger partial charge in [-0.1, -0.05) is 0 Å². The molecule has 0 unspecified atom stereocenters. The van der Waals surface area contributed by atoms with Gasteiger partial charge in [-0.05, 0) is 26.9 Å². The maximum absolute atomic E-state index is 3.41. The summed E-state index contributed by atoms with van der Waals surface area (Å²) >= 11 is 0.436. The second kappa shape index (κ2) is 2.40. The summed E-state index contributed by atoms with van der Waals surface area (Å²) < 4.78 is 3.93. The zero-order valence-electron chi connectivity index (χ0n) is 5.28. The van der Waals surface area contributed by atoms with Crippen molar-refractivity contribution < 1.29 is 0 Å². The summed E-state index contributed by atoms with van der Waals surface area (Å²) in [6.45, 7) is 1.20. The summed E-state index contributed by atoms with van der Waals surface area (Å²) in [5.74, 6) is 0. The predicted molar refractivity (Wildman–Crippen MR) is 49.2 cm³/mol. The van der Waals surface area contributed by atoms with Gasteiger partial charge in [0.25, 0.3) is 0 Å². The molecule has 0 bridgehead atoms. The monoisotopic (exact) mass is 235 g/mol. The van der Waals surface area contributed by atoms with E-state index in [1.165, 1.54) is 29.5 Å². The number of rotatable bonds is 0. The van der Waals surface area contributed by atoms with Gasteiger partial charge in [0.15, 0.2) is 0 Å². The summed E-state index contributed by atoms with van der Waals surface area (Å²) in [6, 6.07) is 0. The third kappa shape index (κ3) is 1.04. The summed E-state index contributed by atoms with van der Waals surface area (Å²) in [6.07, 6.45) is 2.71. The average molecular weight is 235 g/mol. The van der Waals surface area contributed by atoms with Crippen molar-refractivity contribution in [2.45, 2.75) is 12.8 Å². The first-order chi connectivity index (χ1) is 4.47. The van der Waals surface area contributed by atoms with Crippen molar-refractivity contribution >= 4 is 24.7 Å². The summed E-state index contributed by atoms with van der Waals surface area (Å²) in [5.41, 5.74) is 3.20. The fourth-order valence-electron chi connectivity index (χ4n) is 1.28. The van der Waals surface area contributed by atoms with E-state index in [1.54, 1.807) is 5.57 Å². The molecule has 1 nitrogen and oxygen atoms in total. The molecule has 0 aromatic carbocycles. The maximum atomic E-state index is 3.41. The van der Waals surface area contributed by atoms with Gasteiger partial charge in [0.2, 0.25) is 0 Å². The average Bonchev–Trinajstić information content (AvgIpc) is 2.33. The molecular formula is C7H10IN. The molecule has 0 fully saturated rings. The molecule has 2 heteroatoms. The molecule has 2 rings (SSSR count). The van der Waals surface area contributed by atoms with Crippen LogP contribution in [0.15, 0.2) is 11.3 Å². The molecule has 9 heavy (non-hydrogen) atoms. The van der Waals surface area contributed by atoms with Crippen molar-refractivity contribution in [1.82, 2.24) is 5.32 Å². The number of nitrogens with one attached hydrogen (secondary N) is 1. The van der Waals surface area contributed by atoms with Gasteiger partial charge in [-0.3, -0.25) is 0 Å². The van der Waals surface area contributed by atoms with E-state index in [4.69, 9.17) is 0 Å². The molecule has 0 saturated heterocycles. The first kappa shape index (κ1) is 5.89. The highest BCUT2D eigenvalue weighted by molar-refractivity contribution is 14.2. The highest BCUT2D eigenvalue weighted by Crippen LogP contribution is 2.23. The van der Waals surface area contributed by atoms with Crippen molar-refractivity contribution in [3.63, 3.8) is 0 Å². The number of hydrogen-bond donors (Lipinski definition) is 1. The number of halogens is 1. The van der Waals surface area contributed by atoms with Crippen molar-refractivity contribution in [3.8, 4) is 0 Å². The van der Waals surface area contributed by atoms with E-state index in [0.717, 1.165) is 0 Å². The second-order valence-corrected chi connectivity index (χ2v) is 4.98. The van der Waals surface area contributed by atoms with Crippen LogP contribution in [0.1, 0.15) is 12.8 Å². The lowest BCUT2D eigenvalue weighted by atomic mass is 10.1. The number of alkyl halides is 1. The molecule has 0 amide bonds. The lowest BCUT2D eigenvalue weighted by Crippen LogP contribution is -2.08. The van der Waals surface area contributed by atoms with Gasteiger partial charge >= 0.3 is 0 Å². The zero-order valence-corrected chi connectivity index (χ0v) is 7.44. The molecule has 1 N–H and O–H groups in total. The van der Waals surface area contributed by atoms with Gasteiger partial charge < -0.3 is 5.32 Å². The minimum absolute atomic E-state index is 0.436. The van der Waals surface area contributed by atoms with Gasteiger partial charge in [0, 0.05) is 12.2 Å². The molecular weight excluding hydrogens is 225 g/mol. The van der Waals surface area contributed by atoms with E-state index in [-0.39, 0.29) is 0 Å². The van der Waals surface area contributed by atoms with Crippen LogP contribution in [-0.2, 0) is 0 Å². The van der Waals surface area contributed by atoms with Crippen LogP contribution >= 0.6 is 20.7 Å². The van der Waals surface area contributed by atoms with Crippen LogP contribution in [0.5, 0.6) is 0 Å². The molecule has 0 saturated carbocycles. The van der Waals surface area contributed by atoms with E-state index in [2.05, 4.69) is 9.33 Å². The van der Waals surface area contributed by atoms with E-state index in [0.29, 0.717) is 20.7 Å². The quantitative estimate of drug-likeness (QED) is 0.494. The van der Waals surface area contributed by atoms with Crippen LogP contribution in [0.3, 0.4) is 0 Å². The summed E-state index contributed by atoms with van der Waals surface area (Å²) in [4.78, 5) is 0. The molecule has 50 valence electrons. The standard InChI is InChI=1S/C7H10IN/c1-3-8-5-7-6(1)2-4-9-7/h5,9H,1-4H2. The van der Waals surface area contributed by atoms with E-state index in [1.807, 2.05) is 0 Å². The Hall–Kier alpha value is 0.140. The highest BCUT2D eigenvalue weighted by Gasteiger charge is 2.12. The van der Waals surface area contributed by atoms with E-state index < -0.39 is 0 Å². The van der Waals surface area contributed by atoms with Crippen molar-refractivity contribution in [2.24, 2.45) is 0 Å². The molecule has 0 spiro atoms. The van der Waals surface area contributed by atoms with Crippen molar-refractivity contribution in [1.29, 1.82) is 0 Å². The smallest absolute Gasteiger partial charge is 0.0387 e. The van der Waals surface area contributed by atoms with Crippen LogP contribution in [-0.4, -0.2) is 15.0 Å². The Bertz CT molecular complexity index is 181. The molecule has 0 aromatic heterocycles. The third-order valence-electron chi connectivity index (χ3n) is 1.81. The maximum Gasteiger partial charge on any atom is 0.0387 e. The molecule has 2 heterocycles. The molecule has 2 aliphatic heterocycles. The first-order valence-electron chi connectivity index (χ1n) is 3.33. The minimum atomic E-state index is 0.436. The molecule has 0 aliphatic carbocycles. The van der Waals surface area contributed by atoms with Gasteiger partial charge in [-0.15, -0.1) is 20.7 Å².